The molecule has 10 nitrogen and oxygen atoms in total. The van der Waals surface area contributed by atoms with Crippen molar-refractivity contribution in [2.75, 3.05) is 45.9 Å². The van der Waals surface area contributed by atoms with Gasteiger partial charge in [-0.25, -0.2) is 14.6 Å². The van der Waals surface area contributed by atoms with Crippen molar-refractivity contribution in [3.05, 3.63) is 46.3 Å². The zero-order valence-corrected chi connectivity index (χ0v) is 21.9. The summed E-state index contributed by atoms with van der Waals surface area (Å²) in [5.41, 5.74) is 1.35. The largest absolute Gasteiger partial charge is 0.463 e. The number of rotatable bonds is 10. The number of carbonyl (C=O) groups excluding carboxylic acids is 4. The average molecular weight is 529 g/mol. The van der Waals surface area contributed by atoms with Crippen LogP contribution < -0.4 is 5.32 Å². The predicted octanol–water partition coefficient (Wildman–Crippen LogP) is 3.20. The number of nitrogens with zero attached hydrogens (tertiary/aromatic N) is 3. The van der Waals surface area contributed by atoms with Crippen LogP contribution in [0.15, 0.2) is 36.4 Å². The Morgan fingerprint density at radius 3 is 2.41 bits per heavy atom. The third kappa shape index (κ3) is 8.14. The Morgan fingerprint density at radius 2 is 1.73 bits per heavy atom. The molecule has 0 radical (unpaired) electrons. The fourth-order valence-electron chi connectivity index (χ4n) is 3.56. The molecule has 1 aliphatic heterocycles. The van der Waals surface area contributed by atoms with Crippen molar-refractivity contribution in [1.29, 1.82) is 0 Å². The number of piperazine rings is 1. The van der Waals surface area contributed by atoms with E-state index in [4.69, 9.17) is 9.47 Å². The lowest BCUT2D eigenvalue weighted by Crippen LogP contribution is -2.52. The van der Waals surface area contributed by atoms with Gasteiger partial charge in [0.25, 0.3) is 5.91 Å². The average Bonchev–Trinajstić information content (AvgIpc) is 3.35. The number of carbonyl (C=O) groups is 4. The molecule has 1 aliphatic rings. The number of hydrogen-bond acceptors (Lipinski definition) is 8. The van der Waals surface area contributed by atoms with Crippen molar-refractivity contribution in [3.8, 4) is 11.3 Å². The number of nitrogens with one attached hydrogen (secondary N) is 1. The van der Waals surface area contributed by atoms with Crippen LogP contribution in [0.5, 0.6) is 0 Å². The molecular formula is C26H32N4O6S. The van der Waals surface area contributed by atoms with Crippen LogP contribution in [0.4, 0.5) is 4.79 Å². The zero-order valence-electron chi connectivity index (χ0n) is 21.1. The lowest BCUT2D eigenvalue weighted by molar-refractivity contribution is -0.137. The molecule has 0 saturated carbocycles. The summed E-state index contributed by atoms with van der Waals surface area (Å²) in [4.78, 5) is 57.6. The summed E-state index contributed by atoms with van der Waals surface area (Å²) >= 11 is 1.12. The van der Waals surface area contributed by atoms with Crippen LogP contribution in [0.2, 0.25) is 0 Å². The maximum Gasteiger partial charge on any atom is 0.409 e. The normalized spacial score (nSPS) is 13.5. The molecule has 3 rings (SSSR count). The fraction of sp³-hybridized carbons (Fsp3) is 0.423. The first-order valence-corrected chi connectivity index (χ1v) is 13.1. The first-order chi connectivity index (χ1) is 17.9. The minimum absolute atomic E-state index is 0.176. The molecule has 11 heteroatoms. The summed E-state index contributed by atoms with van der Waals surface area (Å²) in [6.07, 6.45) is 4.28. The van der Waals surface area contributed by atoms with Gasteiger partial charge in [-0.3, -0.25) is 9.59 Å². The first kappa shape index (κ1) is 27.9. The van der Waals surface area contributed by atoms with Gasteiger partial charge < -0.3 is 24.6 Å². The van der Waals surface area contributed by atoms with Crippen LogP contribution >= 0.6 is 11.3 Å². The second-order valence-corrected chi connectivity index (χ2v) is 9.23. The monoisotopic (exact) mass is 528 g/mol. The lowest BCUT2D eigenvalue weighted by Gasteiger charge is -2.34. The van der Waals surface area contributed by atoms with E-state index >= 15 is 0 Å². The van der Waals surface area contributed by atoms with E-state index in [1.807, 2.05) is 37.3 Å². The third-order valence-electron chi connectivity index (χ3n) is 5.57. The topological polar surface area (TPSA) is 118 Å². The highest BCUT2D eigenvalue weighted by Crippen LogP contribution is 2.29. The number of esters is 1. The summed E-state index contributed by atoms with van der Waals surface area (Å²) in [7, 11) is 0. The molecule has 0 spiro atoms. The van der Waals surface area contributed by atoms with Crippen molar-refractivity contribution in [2.24, 2.45) is 0 Å². The van der Waals surface area contributed by atoms with E-state index in [1.165, 1.54) is 6.08 Å². The molecule has 1 N–H and O–H groups in total. The van der Waals surface area contributed by atoms with Gasteiger partial charge in [-0.05, 0) is 19.4 Å². The summed E-state index contributed by atoms with van der Waals surface area (Å²) in [6, 6.07) is 9.31. The third-order valence-corrected chi connectivity index (χ3v) is 6.59. The van der Waals surface area contributed by atoms with Crippen LogP contribution in [-0.2, 0) is 19.1 Å². The van der Waals surface area contributed by atoms with Gasteiger partial charge in [-0.2, -0.15) is 0 Å². The Morgan fingerprint density at radius 1 is 1.03 bits per heavy atom. The van der Waals surface area contributed by atoms with E-state index in [2.05, 4.69) is 10.3 Å². The van der Waals surface area contributed by atoms with Crippen molar-refractivity contribution >= 4 is 41.3 Å². The Kier molecular flexibility index (Phi) is 10.6. The number of thiazole rings is 1. The van der Waals surface area contributed by atoms with Crippen molar-refractivity contribution in [3.63, 3.8) is 0 Å². The molecule has 2 aromatic rings. The van der Waals surface area contributed by atoms with Gasteiger partial charge in [-0.15, -0.1) is 11.3 Å². The molecule has 2 heterocycles. The molecule has 0 atom stereocenters. The molecular weight excluding hydrogens is 496 g/mol. The van der Waals surface area contributed by atoms with Gasteiger partial charge >= 0.3 is 12.1 Å². The van der Waals surface area contributed by atoms with Gasteiger partial charge in [0, 0.05) is 37.8 Å². The predicted molar refractivity (Wildman–Crippen MR) is 140 cm³/mol. The van der Waals surface area contributed by atoms with Crippen LogP contribution in [0, 0.1) is 0 Å². The van der Waals surface area contributed by atoms with Crippen LogP contribution in [0.3, 0.4) is 0 Å². The molecule has 1 saturated heterocycles. The SMILES string of the molecule is CCCCOC(=O)N1CCN(C(=O)CNC(=O)c2nc(-c3ccccc3)c(C=CC(=O)OCC)s2)CC1. The molecule has 1 fully saturated rings. The van der Waals surface area contributed by atoms with Crippen molar-refractivity contribution < 1.29 is 28.7 Å². The van der Waals surface area contributed by atoms with E-state index in [1.54, 1.807) is 22.8 Å². The van der Waals surface area contributed by atoms with Gasteiger partial charge in [0.15, 0.2) is 5.01 Å². The minimum atomic E-state index is -0.485. The van der Waals surface area contributed by atoms with E-state index in [-0.39, 0.29) is 30.2 Å². The number of benzene rings is 1. The smallest absolute Gasteiger partial charge is 0.409 e. The van der Waals surface area contributed by atoms with Crippen LogP contribution in [0.1, 0.15) is 41.4 Å². The van der Waals surface area contributed by atoms with Crippen molar-refractivity contribution in [2.45, 2.75) is 26.7 Å². The number of unbranched alkanes of at least 4 members (excludes halogenated alkanes) is 1. The summed E-state index contributed by atoms with van der Waals surface area (Å²) < 4.78 is 10.2. The van der Waals surface area contributed by atoms with Gasteiger partial charge in [0.2, 0.25) is 5.91 Å². The molecule has 0 unspecified atom stereocenters. The summed E-state index contributed by atoms with van der Waals surface area (Å²) in [6.45, 7) is 5.72. The maximum atomic E-state index is 12.8. The molecule has 0 aliphatic carbocycles. The highest BCUT2D eigenvalue weighted by atomic mass is 32.1. The minimum Gasteiger partial charge on any atom is -0.463 e. The Labute approximate surface area is 220 Å². The van der Waals surface area contributed by atoms with Crippen molar-refractivity contribution in [1.82, 2.24) is 20.1 Å². The number of hydrogen-bond donors (Lipinski definition) is 1. The van der Waals surface area contributed by atoms with E-state index < -0.39 is 11.9 Å². The van der Waals surface area contributed by atoms with Gasteiger partial charge in [0.1, 0.15) is 0 Å². The molecule has 1 aromatic carbocycles. The number of aromatic nitrogens is 1. The fourth-order valence-corrected chi connectivity index (χ4v) is 4.46. The van der Waals surface area contributed by atoms with Crippen LogP contribution in [0.25, 0.3) is 17.3 Å². The standard InChI is InChI=1S/C26H32N4O6S/c1-3-5-17-36-26(34)30-15-13-29(14-16-30)21(31)18-27-24(33)25-28-23(19-9-7-6-8-10-19)20(37-25)11-12-22(32)35-4-2/h6-12H,3-5,13-18H2,1-2H3,(H,27,33). The van der Waals surface area contributed by atoms with E-state index in [9.17, 15) is 19.2 Å². The highest BCUT2D eigenvalue weighted by molar-refractivity contribution is 7.15. The van der Waals surface area contributed by atoms with E-state index in [0.29, 0.717) is 43.4 Å². The first-order valence-electron chi connectivity index (χ1n) is 12.3. The molecule has 0 bridgehead atoms. The number of ether oxygens (including phenoxy) is 2. The zero-order chi connectivity index (χ0) is 26.6. The molecule has 3 amide bonds. The second kappa shape index (κ2) is 14.1. The van der Waals surface area contributed by atoms with Gasteiger partial charge in [0.05, 0.1) is 30.3 Å². The van der Waals surface area contributed by atoms with E-state index in [0.717, 1.165) is 29.7 Å². The molecule has 198 valence electrons. The number of amides is 3. The second-order valence-electron chi connectivity index (χ2n) is 8.20. The Bertz CT molecular complexity index is 1110. The highest BCUT2D eigenvalue weighted by Gasteiger charge is 2.25. The lowest BCUT2D eigenvalue weighted by atomic mass is 10.1. The molecule has 37 heavy (non-hydrogen) atoms. The summed E-state index contributed by atoms with van der Waals surface area (Å²) in [5, 5.41) is 2.81. The maximum absolute atomic E-state index is 12.8. The van der Waals surface area contributed by atoms with Gasteiger partial charge in [-0.1, -0.05) is 43.7 Å². The van der Waals surface area contributed by atoms with Crippen LogP contribution in [-0.4, -0.2) is 84.6 Å². The Hall–Kier alpha value is -3.73. The molecule has 1 aromatic heterocycles. The Balaban J connectivity index is 1.58. The summed E-state index contributed by atoms with van der Waals surface area (Å²) in [5.74, 6) is -1.21. The quantitative estimate of drug-likeness (QED) is 0.286.